The van der Waals surface area contributed by atoms with Crippen molar-refractivity contribution in [3.63, 3.8) is 0 Å². The number of hydrogen-bond donors (Lipinski definition) is 3. The highest BCUT2D eigenvalue weighted by atomic mass is 79.9. The van der Waals surface area contributed by atoms with Gasteiger partial charge in [0.1, 0.15) is 11.6 Å². The van der Waals surface area contributed by atoms with Crippen LogP contribution in [0.15, 0.2) is 50.1 Å². The van der Waals surface area contributed by atoms with Crippen LogP contribution >= 0.6 is 15.9 Å². The molecule has 1 aliphatic heterocycles. The summed E-state index contributed by atoms with van der Waals surface area (Å²) in [6.45, 7) is 0. The van der Waals surface area contributed by atoms with E-state index in [0.717, 1.165) is 15.7 Å². The summed E-state index contributed by atoms with van der Waals surface area (Å²) < 4.78 is 0.918. The van der Waals surface area contributed by atoms with Gasteiger partial charge in [0.2, 0.25) is 0 Å². The van der Waals surface area contributed by atoms with E-state index in [1.165, 1.54) is 0 Å². The third kappa shape index (κ3) is 2.36. The summed E-state index contributed by atoms with van der Waals surface area (Å²) in [6.07, 6.45) is 3.09. The Bertz CT molecular complexity index is 972. The Morgan fingerprint density at radius 2 is 1.75 bits per heavy atom. The maximum Gasteiger partial charge on any atom is 0.327 e. The van der Waals surface area contributed by atoms with Gasteiger partial charge in [-0.25, -0.2) is 4.79 Å². The highest BCUT2D eigenvalue weighted by molar-refractivity contribution is 9.10. The Balaban J connectivity index is 2.00. The fourth-order valence-corrected chi connectivity index (χ4v) is 3.82. The van der Waals surface area contributed by atoms with Crippen molar-refractivity contribution in [2.75, 3.05) is 5.32 Å². The molecule has 1 aromatic carbocycles. The van der Waals surface area contributed by atoms with Crippen LogP contribution in [-0.4, -0.2) is 15.8 Å². The number of hydrogen-bond acceptors (Lipinski definition) is 4. The van der Waals surface area contributed by atoms with Crippen LogP contribution in [0.25, 0.3) is 0 Å². The number of benzene rings is 1. The number of nitrogens with one attached hydrogen (secondary N) is 3. The molecule has 0 amide bonds. The van der Waals surface area contributed by atoms with Crippen LogP contribution in [0.5, 0.6) is 0 Å². The first-order valence-corrected chi connectivity index (χ1v) is 8.45. The van der Waals surface area contributed by atoms with Gasteiger partial charge < -0.3 is 5.32 Å². The maximum atomic E-state index is 12.6. The topological polar surface area (TPSA) is 94.8 Å². The SMILES string of the molecule is O=C1CCC=C2Nc3[nH]c(=O)[nH]c(=O)c3[C@H](c3ccc(Br)cc3)[C@@H]12. The van der Waals surface area contributed by atoms with Crippen molar-refractivity contribution in [3.8, 4) is 0 Å². The lowest BCUT2D eigenvalue weighted by Crippen LogP contribution is -2.40. The van der Waals surface area contributed by atoms with Crippen LogP contribution < -0.4 is 16.6 Å². The minimum Gasteiger partial charge on any atom is -0.344 e. The molecule has 1 aromatic heterocycles. The van der Waals surface area contributed by atoms with E-state index in [0.29, 0.717) is 24.2 Å². The molecule has 7 heteroatoms. The average molecular weight is 388 g/mol. The van der Waals surface area contributed by atoms with Gasteiger partial charge in [0, 0.05) is 22.5 Å². The molecule has 0 fully saturated rings. The van der Waals surface area contributed by atoms with Gasteiger partial charge in [0.15, 0.2) is 0 Å². The second-order valence-electron chi connectivity index (χ2n) is 5.99. The monoisotopic (exact) mass is 387 g/mol. The minimum absolute atomic E-state index is 0.101. The summed E-state index contributed by atoms with van der Waals surface area (Å²) in [6, 6.07) is 7.56. The van der Waals surface area contributed by atoms with Gasteiger partial charge in [-0.2, -0.15) is 0 Å². The number of allylic oxidation sites excluding steroid dienone is 2. The van der Waals surface area contributed by atoms with Crippen molar-refractivity contribution in [1.82, 2.24) is 9.97 Å². The van der Waals surface area contributed by atoms with Crippen LogP contribution in [0.2, 0.25) is 0 Å². The number of carbonyl (C=O) groups excluding carboxylic acids is 1. The molecule has 2 aromatic rings. The fraction of sp³-hybridized carbons (Fsp3) is 0.235. The Kier molecular flexibility index (Phi) is 3.53. The number of rotatable bonds is 1. The summed E-state index contributed by atoms with van der Waals surface area (Å²) >= 11 is 3.40. The Morgan fingerprint density at radius 3 is 2.50 bits per heavy atom. The predicted molar refractivity (Wildman–Crippen MR) is 93.1 cm³/mol. The number of Topliss-reactive ketones (excluding diaryl/α,β-unsaturated/α-hetero) is 1. The van der Waals surface area contributed by atoms with E-state index in [1.807, 2.05) is 30.3 Å². The highest BCUT2D eigenvalue weighted by Crippen LogP contribution is 2.44. The lowest BCUT2D eigenvalue weighted by atomic mass is 9.72. The molecule has 0 unspecified atom stereocenters. The first-order valence-electron chi connectivity index (χ1n) is 7.66. The number of ketones is 1. The average Bonchev–Trinajstić information content (AvgIpc) is 2.54. The van der Waals surface area contributed by atoms with E-state index in [2.05, 4.69) is 31.2 Å². The second kappa shape index (κ2) is 5.59. The molecule has 122 valence electrons. The molecule has 0 radical (unpaired) electrons. The van der Waals surface area contributed by atoms with Crippen molar-refractivity contribution >= 4 is 27.5 Å². The van der Waals surface area contributed by atoms with Gasteiger partial charge in [0.25, 0.3) is 5.56 Å². The molecule has 0 saturated carbocycles. The van der Waals surface area contributed by atoms with E-state index >= 15 is 0 Å². The number of aromatic nitrogens is 2. The lowest BCUT2D eigenvalue weighted by Gasteiger charge is -2.36. The third-order valence-electron chi connectivity index (χ3n) is 4.56. The molecule has 24 heavy (non-hydrogen) atoms. The quantitative estimate of drug-likeness (QED) is 0.699. The Labute approximate surface area is 145 Å². The van der Waals surface area contributed by atoms with Crippen LogP contribution in [0.3, 0.4) is 0 Å². The van der Waals surface area contributed by atoms with Crippen LogP contribution in [0, 0.1) is 5.92 Å². The number of halogens is 1. The fourth-order valence-electron chi connectivity index (χ4n) is 3.55. The smallest absolute Gasteiger partial charge is 0.327 e. The molecule has 2 atom stereocenters. The molecule has 0 saturated heterocycles. The molecular formula is C17H14BrN3O3. The van der Waals surface area contributed by atoms with Crippen molar-refractivity contribution in [3.05, 3.63) is 72.5 Å². The van der Waals surface area contributed by atoms with E-state index in [-0.39, 0.29) is 5.78 Å². The molecule has 4 rings (SSSR count). The largest absolute Gasteiger partial charge is 0.344 e. The van der Waals surface area contributed by atoms with Crippen molar-refractivity contribution < 1.29 is 4.79 Å². The standard InChI is InChI=1S/C17H14BrN3O3/c18-9-6-4-8(5-7-9)12-13-10(2-1-3-11(13)22)19-15-14(12)16(23)21-17(24)20-15/h2,4-7,12-13H,1,3H2,(H3,19,20,21,23,24)/t12-,13-/m1/s1. The maximum absolute atomic E-state index is 12.6. The number of anilines is 1. The van der Waals surface area contributed by atoms with E-state index in [4.69, 9.17) is 0 Å². The van der Waals surface area contributed by atoms with E-state index in [1.54, 1.807) is 0 Å². The van der Waals surface area contributed by atoms with Crippen molar-refractivity contribution in [2.24, 2.45) is 5.92 Å². The lowest BCUT2D eigenvalue weighted by molar-refractivity contribution is -0.122. The van der Waals surface area contributed by atoms with Crippen molar-refractivity contribution in [2.45, 2.75) is 18.8 Å². The van der Waals surface area contributed by atoms with E-state index in [9.17, 15) is 14.4 Å². The highest BCUT2D eigenvalue weighted by Gasteiger charge is 2.41. The molecule has 2 heterocycles. The van der Waals surface area contributed by atoms with Crippen LogP contribution in [0.4, 0.5) is 5.82 Å². The van der Waals surface area contributed by atoms with Crippen LogP contribution in [0.1, 0.15) is 29.9 Å². The summed E-state index contributed by atoms with van der Waals surface area (Å²) in [7, 11) is 0. The van der Waals surface area contributed by atoms with Gasteiger partial charge in [-0.3, -0.25) is 19.6 Å². The molecular weight excluding hydrogens is 374 g/mol. The van der Waals surface area contributed by atoms with Gasteiger partial charge >= 0.3 is 5.69 Å². The summed E-state index contributed by atoms with van der Waals surface area (Å²) in [5.74, 6) is -0.383. The zero-order valence-corrected chi connectivity index (χ0v) is 14.1. The summed E-state index contributed by atoms with van der Waals surface area (Å²) in [4.78, 5) is 41.6. The number of H-pyrrole nitrogens is 2. The number of carbonyl (C=O) groups is 1. The third-order valence-corrected chi connectivity index (χ3v) is 5.09. The molecule has 2 aliphatic rings. The van der Waals surface area contributed by atoms with E-state index < -0.39 is 23.1 Å². The molecule has 6 nitrogen and oxygen atoms in total. The predicted octanol–water partition coefficient (Wildman–Crippen LogP) is 2.25. The molecule has 0 bridgehead atoms. The van der Waals surface area contributed by atoms with Gasteiger partial charge in [-0.1, -0.05) is 34.1 Å². The zero-order valence-electron chi connectivity index (χ0n) is 12.6. The first kappa shape index (κ1) is 15.1. The van der Waals surface area contributed by atoms with Gasteiger partial charge in [0.05, 0.1) is 11.5 Å². The Hall–Kier alpha value is -2.41. The normalized spacial score (nSPS) is 22.2. The summed E-state index contributed by atoms with van der Waals surface area (Å²) in [5.41, 5.74) is 0.987. The summed E-state index contributed by atoms with van der Waals surface area (Å²) in [5, 5.41) is 3.08. The van der Waals surface area contributed by atoms with Crippen molar-refractivity contribution in [1.29, 1.82) is 0 Å². The minimum atomic E-state index is -0.568. The molecule has 1 aliphatic carbocycles. The molecule has 3 N–H and O–H groups in total. The second-order valence-corrected chi connectivity index (χ2v) is 6.91. The zero-order chi connectivity index (χ0) is 16.8. The Morgan fingerprint density at radius 1 is 1.00 bits per heavy atom. The number of aromatic amines is 2. The van der Waals surface area contributed by atoms with Gasteiger partial charge in [-0.05, 0) is 24.1 Å². The van der Waals surface area contributed by atoms with Crippen LogP contribution in [-0.2, 0) is 4.79 Å². The first-order chi connectivity index (χ1) is 11.5. The van der Waals surface area contributed by atoms with Gasteiger partial charge in [-0.15, -0.1) is 0 Å². The number of fused-ring (bicyclic) bond motifs is 2. The molecule has 0 spiro atoms.